The van der Waals surface area contributed by atoms with E-state index in [1.165, 1.54) is 51.6 Å². The topological polar surface area (TPSA) is 67.9 Å². The lowest BCUT2D eigenvalue weighted by Gasteiger charge is -2.29. The number of methoxy groups -OCH3 is 1. The van der Waals surface area contributed by atoms with Crippen molar-refractivity contribution in [2.24, 2.45) is 0 Å². The Balaban J connectivity index is 1.55. The van der Waals surface area contributed by atoms with Gasteiger partial charge in [0.05, 0.1) is 17.6 Å². The summed E-state index contributed by atoms with van der Waals surface area (Å²) in [5, 5.41) is 0. The molecule has 7 heteroatoms. The van der Waals surface area contributed by atoms with E-state index < -0.39 is 10.0 Å². The van der Waals surface area contributed by atoms with E-state index in [-0.39, 0.29) is 12.1 Å². The molecule has 1 saturated carbocycles. The Labute approximate surface area is 202 Å². The van der Waals surface area contributed by atoms with Gasteiger partial charge in [0.1, 0.15) is 0 Å². The average Bonchev–Trinajstić information content (AvgIpc) is 2.80. The number of unbranched alkanes of at least 4 members (excludes halogenated alkanes) is 5. The second kappa shape index (κ2) is 15.8. The third-order valence-electron chi connectivity index (χ3n) is 6.47. The fourth-order valence-corrected chi connectivity index (χ4v) is 5.70. The smallest absolute Gasteiger partial charge is 0.240 e. The molecule has 0 spiro atoms. The molecule has 0 unspecified atom stereocenters. The van der Waals surface area contributed by atoms with E-state index in [2.05, 4.69) is 23.6 Å². The molecule has 0 heterocycles. The van der Waals surface area contributed by atoms with Gasteiger partial charge in [-0.15, -0.1) is 0 Å². The molecule has 190 valence electrons. The summed E-state index contributed by atoms with van der Waals surface area (Å²) in [6.45, 7) is 5.97. The van der Waals surface area contributed by atoms with Crippen molar-refractivity contribution in [3.8, 4) is 0 Å². The normalized spacial score (nSPS) is 19.3. The second-order valence-electron chi connectivity index (χ2n) is 9.47. The van der Waals surface area contributed by atoms with Crippen LogP contribution in [0.25, 0.3) is 0 Å². The minimum absolute atomic E-state index is 0.0113. The Kier molecular flexibility index (Phi) is 13.5. The van der Waals surface area contributed by atoms with Crippen LogP contribution in [-0.2, 0) is 26.1 Å². The van der Waals surface area contributed by atoms with Gasteiger partial charge in [0.15, 0.2) is 0 Å². The number of nitrogens with zero attached hydrogens (tertiary/aromatic N) is 1. The molecular weight excluding hydrogens is 436 g/mol. The highest BCUT2D eigenvalue weighted by molar-refractivity contribution is 7.89. The lowest BCUT2D eigenvalue weighted by molar-refractivity contribution is 0.0220. The number of nitrogens with one attached hydrogen (secondary N) is 1. The number of benzene rings is 1. The van der Waals surface area contributed by atoms with Crippen molar-refractivity contribution < 1.29 is 17.9 Å². The quantitative estimate of drug-likeness (QED) is 0.312. The summed E-state index contributed by atoms with van der Waals surface area (Å²) in [5.74, 6) is 0. The lowest BCUT2D eigenvalue weighted by Crippen LogP contribution is -2.39. The number of ether oxygens (including phenoxy) is 2. The molecule has 1 fully saturated rings. The van der Waals surface area contributed by atoms with Crippen molar-refractivity contribution in [3.05, 3.63) is 29.8 Å². The molecule has 2 rings (SSSR count). The largest absolute Gasteiger partial charge is 0.380 e. The molecule has 33 heavy (non-hydrogen) atoms. The Morgan fingerprint density at radius 2 is 1.58 bits per heavy atom. The van der Waals surface area contributed by atoms with Crippen molar-refractivity contribution in [2.75, 3.05) is 33.9 Å². The van der Waals surface area contributed by atoms with Crippen molar-refractivity contribution in [2.45, 2.75) is 101 Å². The molecule has 1 aliphatic rings. The standard InChI is InChI=1S/C26H46N2O4S/c1-4-5-8-19-28(2)20-9-6-7-10-21-32-25-15-13-24(14-16-25)27-33(29,30)26-17-11-23(12-18-26)22-31-3/h11-12,17-18,24-25,27H,4-10,13-16,19-22H2,1-3H3. The average molecular weight is 483 g/mol. The lowest BCUT2D eigenvalue weighted by atomic mass is 9.94. The highest BCUT2D eigenvalue weighted by Gasteiger charge is 2.26. The van der Waals surface area contributed by atoms with Crippen LogP contribution >= 0.6 is 0 Å². The zero-order valence-corrected chi connectivity index (χ0v) is 21.9. The molecule has 0 amide bonds. The SMILES string of the molecule is CCCCCN(C)CCCCCCOC1CCC(NS(=O)(=O)c2ccc(COC)cc2)CC1. The molecule has 0 bridgehead atoms. The maximum Gasteiger partial charge on any atom is 0.240 e. The zero-order chi connectivity index (χ0) is 23.9. The van der Waals surface area contributed by atoms with Crippen molar-refractivity contribution >= 4 is 10.0 Å². The number of rotatable bonds is 17. The summed E-state index contributed by atoms with van der Waals surface area (Å²) < 4.78 is 39.4. The Morgan fingerprint density at radius 1 is 0.939 bits per heavy atom. The summed E-state index contributed by atoms with van der Waals surface area (Å²) >= 11 is 0. The van der Waals surface area contributed by atoms with Gasteiger partial charge in [0.25, 0.3) is 0 Å². The van der Waals surface area contributed by atoms with Gasteiger partial charge in [-0.05, 0) is 82.8 Å². The van der Waals surface area contributed by atoms with Gasteiger partial charge in [-0.1, -0.05) is 44.7 Å². The van der Waals surface area contributed by atoms with Crippen LogP contribution in [0.15, 0.2) is 29.2 Å². The molecule has 6 nitrogen and oxygen atoms in total. The van der Waals surface area contributed by atoms with E-state index >= 15 is 0 Å². The van der Waals surface area contributed by atoms with Crippen LogP contribution in [0.3, 0.4) is 0 Å². The molecule has 0 saturated heterocycles. The second-order valence-corrected chi connectivity index (χ2v) is 11.2. The zero-order valence-electron chi connectivity index (χ0n) is 21.1. The molecule has 1 aliphatic carbocycles. The van der Waals surface area contributed by atoms with Crippen LogP contribution in [0.2, 0.25) is 0 Å². The highest BCUT2D eigenvalue weighted by atomic mass is 32.2. The molecule has 0 radical (unpaired) electrons. The maximum atomic E-state index is 12.7. The summed E-state index contributed by atoms with van der Waals surface area (Å²) in [6.07, 6.45) is 12.6. The molecule has 0 aliphatic heterocycles. The Bertz CT molecular complexity index is 731. The van der Waals surface area contributed by atoms with Crippen LogP contribution in [0, 0.1) is 0 Å². The first-order valence-electron chi connectivity index (χ1n) is 12.8. The Hall–Kier alpha value is -0.990. The number of hydrogen-bond acceptors (Lipinski definition) is 5. The van der Waals surface area contributed by atoms with Crippen LogP contribution in [-0.4, -0.2) is 59.3 Å². The van der Waals surface area contributed by atoms with Crippen molar-refractivity contribution in [1.82, 2.24) is 9.62 Å². The highest BCUT2D eigenvalue weighted by Crippen LogP contribution is 2.23. The monoisotopic (exact) mass is 482 g/mol. The van der Waals surface area contributed by atoms with Crippen molar-refractivity contribution in [1.29, 1.82) is 0 Å². The van der Waals surface area contributed by atoms with Crippen LogP contribution in [0.4, 0.5) is 0 Å². The van der Waals surface area contributed by atoms with Gasteiger partial charge in [-0.3, -0.25) is 0 Å². The predicted molar refractivity (Wildman–Crippen MR) is 135 cm³/mol. The third kappa shape index (κ3) is 11.3. The van der Waals surface area contributed by atoms with E-state index in [1.807, 2.05) is 0 Å². The van der Waals surface area contributed by atoms with Gasteiger partial charge in [-0.25, -0.2) is 13.1 Å². The first kappa shape index (κ1) is 28.2. The fourth-order valence-electron chi connectivity index (χ4n) is 4.40. The molecular formula is C26H46N2O4S. The van der Waals surface area contributed by atoms with E-state index in [0.29, 0.717) is 11.5 Å². The fraction of sp³-hybridized carbons (Fsp3) is 0.769. The first-order chi connectivity index (χ1) is 15.9. The van der Waals surface area contributed by atoms with Crippen LogP contribution < -0.4 is 4.72 Å². The molecule has 1 N–H and O–H groups in total. The van der Waals surface area contributed by atoms with Crippen LogP contribution in [0.1, 0.15) is 83.1 Å². The molecule has 0 aromatic heterocycles. The van der Waals surface area contributed by atoms with E-state index in [0.717, 1.165) is 44.3 Å². The minimum Gasteiger partial charge on any atom is -0.380 e. The van der Waals surface area contributed by atoms with Gasteiger partial charge < -0.3 is 14.4 Å². The predicted octanol–water partition coefficient (Wildman–Crippen LogP) is 5.12. The first-order valence-corrected chi connectivity index (χ1v) is 14.3. The Morgan fingerprint density at radius 3 is 2.21 bits per heavy atom. The molecule has 1 aromatic rings. The van der Waals surface area contributed by atoms with Gasteiger partial charge >= 0.3 is 0 Å². The third-order valence-corrected chi connectivity index (χ3v) is 8.01. The van der Waals surface area contributed by atoms with E-state index in [1.54, 1.807) is 31.4 Å². The van der Waals surface area contributed by atoms with Gasteiger partial charge in [-0.2, -0.15) is 0 Å². The number of hydrogen-bond donors (Lipinski definition) is 1. The number of sulfonamides is 1. The van der Waals surface area contributed by atoms with Gasteiger partial charge in [0, 0.05) is 19.8 Å². The van der Waals surface area contributed by atoms with E-state index in [4.69, 9.17) is 9.47 Å². The summed E-state index contributed by atoms with van der Waals surface area (Å²) in [6, 6.07) is 6.89. The summed E-state index contributed by atoms with van der Waals surface area (Å²) in [4.78, 5) is 2.77. The van der Waals surface area contributed by atoms with Crippen molar-refractivity contribution in [3.63, 3.8) is 0 Å². The van der Waals surface area contributed by atoms with E-state index in [9.17, 15) is 8.42 Å². The molecule has 1 aromatic carbocycles. The van der Waals surface area contributed by atoms with Gasteiger partial charge in [0.2, 0.25) is 10.0 Å². The minimum atomic E-state index is -3.49. The summed E-state index contributed by atoms with van der Waals surface area (Å²) in [7, 11) is 0.370. The van der Waals surface area contributed by atoms with Crippen LogP contribution in [0.5, 0.6) is 0 Å². The summed E-state index contributed by atoms with van der Waals surface area (Å²) in [5.41, 5.74) is 0.962. The maximum absolute atomic E-state index is 12.7. The molecule has 0 atom stereocenters.